The largest absolute Gasteiger partial charge is 0.497 e. The average molecular weight is 300 g/mol. The van der Waals surface area contributed by atoms with Crippen molar-refractivity contribution in [2.24, 2.45) is 0 Å². The zero-order valence-electron chi connectivity index (χ0n) is 13.0. The van der Waals surface area contributed by atoms with E-state index in [0.717, 1.165) is 5.56 Å². The highest BCUT2D eigenvalue weighted by Gasteiger charge is 2.11. The summed E-state index contributed by atoms with van der Waals surface area (Å²) in [7, 11) is 4.89. The van der Waals surface area contributed by atoms with Crippen molar-refractivity contribution >= 4 is 11.7 Å². The summed E-state index contributed by atoms with van der Waals surface area (Å²) in [5.41, 5.74) is 1.70. The van der Waals surface area contributed by atoms with Crippen molar-refractivity contribution in [3.05, 3.63) is 54.1 Å². The van der Waals surface area contributed by atoms with Crippen LogP contribution >= 0.6 is 0 Å². The number of amides is 2. The quantitative estimate of drug-likeness (QED) is 0.921. The summed E-state index contributed by atoms with van der Waals surface area (Å²) in [6, 6.07) is 14.9. The van der Waals surface area contributed by atoms with Crippen molar-refractivity contribution < 1.29 is 14.3 Å². The fourth-order valence-corrected chi connectivity index (χ4v) is 2.03. The van der Waals surface area contributed by atoms with Crippen molar-refractivity contribution in [2.75, 3.05) is 26.6 Å². The monoisotopic (exact) mass is 300 g/mol. The lowest BCUT2D eigenvalue weighted by Gasteiger charge is -2.18. The van der Waals surface area contributed by atoms with Gasteiger partial charge in [0.05, 0.1) is 14.2 Å². The standard InChI is InChI=1S/C17H20N2O3/c1-19(12-13-7-5-4-6-8-13)17(20)18-14-9-15(21-2)11-16(10-14)22-3/h4-11H,12H2,1-3H3,(H,18,20). The van der Waals surface area contributed by atoms with Gasteiger partial charge >= 0.3 is 6.03 Å². The molecule has 2 aromatic carbocycles. The summed E-state index contributed by atoms with van der Waals surface area (Å²) < 4.78 is 10.4. The predicted octanol–water partition coefficient (Wildman–Crippen LogP) is 3.37. The van der Waals surface area contributed by atoms with Gasteiger partial charge in [0.2, 0.25) is 0 Å². The summed E-state index contributed by atoms with van der Waals surface area (Å²) in [5.74, 6) is 1.25. The van der Waals surface area contributed by atoms with Gasteiger partial charge in [-0.1, -0.05) is 30.3 Å². The molecule has 0 saturated carbocycles. The number of anilines is 1. The average Bonchev–Trinajstić information content (AvgIpc) is 2.55. The fraction of sp³-hybridized carbons (Fsp3) is 0.235. The molecule has 0 aliphatic heterocycles. The Labute approximate surface area is 130 Å². The van der Waals surface area contributed by atoms with Crippen molar-refractivity contribution in [1.82, 2.24) is 4.90 Å². The third-order valence-corrected chi connectivity index (χ3v) is 3.21. The van der Waals surface area contributed by atoms with Gasteiger partial charge in [0.25, 0.3) is 0 Å². The highest BCUT2D eigenvalue weighted by molar-refractivity contribution is 5.89. The van der Waals surface area contributed by atoms with E-state index in [1.54, 1.807) is 44.4 Å². The van der Waals surface area contributed by atoms with Crippen molar-refractivity contribution in [3.63, 3.8) is 0 Å². The van der Waals surface area contributed by atoms with Crippen molar-refractivity contribution in [3.8, 4) is 11.5 Å². The van der Waals surface area contributed by atoms with Crippen LogP contribution in [-0.4, -0.2) is 32.2 Å². The molecule has 0 saturated heterocycles. The Morgan fingerprint density at radius 3 is 2.18 bits per heavy atom. The number of rotatable bonds is 5. The fourth-order valence-electron chi connectivity index (χ4n) is 2.03. The molecule has 116 valence electrons. The van der Waals surface area contributed by atoms with Crippen LogP contribution < -0.4 is 14.8 Å². The summed E-state index contributed by atoms with van der Waals surface area (Å²) in [6.07, 6.45) is 0. The SMILES string of the molecule is COc1cc(NC(=O)N(C)Cc2ccccc2)cc(OC)c1. The van der Waals surface area contributed by atoms with Crippen molar-refractivity contribution in [1.29, 1.82) is 0 Å². The molecule has 0 fully saturated rings. The van der Waals surface area contributed by atoms with Crippen LogP contribution in [0.25, 0.3) is 0 Å². The molecule has 22 heavy (non-hydrogen) atoms. The third kappa shape index (κ3) is 4.15. The molecule has 0 spiro atoms. The molecule has 5 heteroatoms. The van der Waals surface area contributed by atoms with Crippen LogP contribution in [0.3, 0.4) is 0 Å². The Morgan fingerprint density at radius 1 is 1.05 bits per heavy atom. The molecule has 1 N–H and O–H groups in total. The number of hydrogen-bond donors (Lipinski definition) is 1. The van der Waals surface area contributed by atoms with Gasteiger partial charge in [-0.05, 0) is 5.56 Å². The second-order valence-corrected chi connectivity index (χ2v) is 4.87. The number of benzene rings is 2. The summed E-state index contributed by atoms with van der Waals surface area (Å²) in [5, 5.41) is 2.84. The van der Waals surface area contributed by atoms with E-state index in [1.807, 2.05) is 30.3 Å². The number of ether oxygens (including phenoxy) is 2. The molecule has 2 amide bonds. The Kier molecular flexibility index (Phi) is 5.25. The molecule has 0 atom stereocenters. The van der Waals surface area contributed by atoms with Crippen LogP contribution in [0.1, 0.15) is 5.56 Å². The first-order valence-electron chi connectivity index (χ1n) is 6.91. The van der Waals surface area contributed by atoms with Gasteiger partial charge in [-0.15, -0.1) is 0 Å². The van der Waals surface area contributed by atoms with Crippen LogP contribution in [-0.2, 0) is 6.54 Å². The molecule has 2 aromatic rings. The minimum atomic E-state index is -0.195. The molecule has 0 aliphatic carbocycles. The van der Waals surface area contributed by atoms with Gasteiger partial charge in [-0.3, -0.25) is 0 Å². The smallest absolute Gasteiger partial charge is 0.321 e. The summed E-state index contributed by atoms with van der Waals surface area (Å²) in [4.78, 5) is 13.9. The van der Waals surface area contributed by atoms with Gasteiger partial charge in [-0.25, -0.2) is 4.79 Å². The van der Waals surface area contributed by atoms with Crippen LogP contribution in [0.5, 0.6) is 11.5 Å². The number of methoxy groups -OCH3 is 2. The van der Waals surface area contributed by atoms with Crippen LogP contribution in [0, 0.1) is 0 Å². The summed E-state index contributed by atoms with van der Waals surface area (Å²) >= 11 is 0. The van der Waals surface area contributed by atoms with E-state index < -0.39 is 0 Å². The molecule has 0 radical (unpaired) electrons. The minimum absolute atomic E-state index is 0.195. The lowest BCUT2D eigenvalue weighted by Crippen LogP contribution is -2.30. The summed E-state index contributed by atoms with van der Waals surface area (Å²) in [6.45, 7) is 0.535. The molecule has 0 aromatic heterocycles. The number of nitrogens with zero attached hydrogens (tertiary/aromatic N) is 1. The minimum Gasteiger partial charge on any atom is -0.497 e. The number of carbonyl (C=O) groups is 1. The number of carbonyl (C=O) groups excluding carboxylic acids is 1. The van der Waals surface area contributed by atoms with E-state index in [4.69, 9.17) is 9.47 Å². The molecule has 2 rings (SSSR count). The molecule has 5 nitrogen and oxygen atoms in total. The predicted molar refractivity (Wildman–Crippen MR) is 86.5 cm³/mol. The van der Waals surface area contributed by atoms with Gasteiger partial charge < -0.3 is 19.7 Å². The van der Waals surface area contributed by atoms with Gasteiger partial charge in [-0.2, -0.15) is 0 Å². The van der Waals surface area contributed by atoms with E-state index in [0.29, 0.717) is 23.7 Å². The number of nitrogens with one attached hydrogen (secondary N) is 1. The lowest BCUT2D eigenvalue weighted by atomic mass is 10.2. The lowest BCUT2D eigenvalue weighted by molar-refractivity contribution is 0.220. The molecule has 0 unspecified atom stereocenters. The highest BCUT2D eigenvalue weighted by atomic mass is 16.5. The molecular weight excluding hydrogens is 280 g/mol. The normalized spacial score (nSPS) is 9.95. The molecule has 0 aliphatic rings. The first kappa shape index (κ1) is 15.7. The maximum absolute atomic E-state index is 12.2. The maximum atomic E-state index is 12.2. The Bertz CT molecular complexity index is 607. The second kappa shape index (κ2) is 7.36. The molecule has 0 heterocycles. The molecular formula is C17H20N2O3. The van der Waals surface area contributed by atoms with E-state index in [2.05, 4.69) is 5.32 Å². The second-order valence-electron chi connectivity index (χ2n) is 4.87. The van der Waals surface area contributed by atoms with E-state index in [1.165, 1.54) is 0 Å². The third-order valence-electron chi connectivity index (χ3n) is 3.21. The Hall–Kier alpha value is -2.69. The van der Waals surface area contributed by atoms with Crippen LogP contribution in [0.2, 0.25) is 0 Å². The number of hydrogen-bond acceptors (Lipinski definition) is 3. The van der Waals surface area contributed by atoms with Gasteiger partial charge in [0, 0.05) is 37.5 Å². The van der Waals surface area contributed by atoms with Crippen molar-refractivity contribution in [2.45, 2.75) is 6.54 Å². The highest BCUT2D eigenvalue weighted by Crippen LogP contribution is 2.25. The van der Waals surface area contributed by atoms with Crippen LogP contribution in [0.4, 0.5) is 10.5 Å². The zero-order chi connectivity index (χ0) is 15.9. The van der Waals surface area contributed by atoms with E-state index in [9.17, 15) is 4.79 Å². The molecule has 0 bridgehead atoms. The van der Waals surface area contributed by atoms with E-state index >= 15 is 0 Å². The first-order chi connectivity index (χ1) is 10.6. The first-order valence-corrected chi connectivity index (χ1v) is 6.91. The van der Waals surface area contributed by atoms with Gasteiger partial charge in [0.1, 0.15) is 11.5 Å². The van der Waals surface area contributed by atoms with Gasteiger partial charge in [0.15, 0.2) is 0 Å². The van der Waals surface area contributed by atoms with Crippen LogP contribution in [0.15, 0.2) is 48.5 Å². The Balaban J connectivity index is 2.04. The topological polar surface area (TPSA) is 50.8 Å². The van der Waals surface area contributed by atoms with E-state index in [-0.39, 0.29) is 6.03 Å². The zero-order valence-corrected chi connectivity index (χ0v) is 13.0. The Morgan fingerprint density at radius 2 is 1.64 bits per heavy atom. The number of urea groups is 1. The maximum Gasteiger partial charge on any atom is 0.321 e.